The van der Waals surface area contributed by atoms with E-state index in [-0.39, 0.29) is 0 Å². The van der Waals surface area contributed by atoms with E-state index in [1.807, 2.05) is 36.4 Å². The van der Waals surface area contributed by atoms with Crippen LogP contribution in [0.1, 0.15) is 5.89 Å². The first-order valence-electron chi connectivity index (χ1n) is 5.74. The van der Waals surface area contributed by atoms with Crippen LogP contribution in [0.5, 0.6) is 0 Å². The van der Waals surface area contributed by atoms with Gasteiger partial charge in [-0.25, -0.2) is 4.98 Å². The summed E-state index contributed by atoms with van der Waals surface area (Å²) in [6.07, 6.45) is 0. The fourth-order valence-electron chi connectivity index (χ4n) is 1.75. The Balaban J connectivity index is 1.78. The third kappa shape index (κ3) is 2.85. The number of nitrogens with zero attached hydrogens (tertiary/aromatic N) is 1. The smallest absolute Gasteiger partial charge is 0.205 e. The largest absolute Gasteiger partial charge is 0.440 e. The molecule has 19 heavy (non-hydrogen) atoms. The molecule has 2 aromatic carbocycles. The lowest BCUT2D eigenvalue weighted by Crippen LogP contribution is -1.81. The molecule has 2 N–H and O–H groups in total. The van der Waals surface area contributed by atoms with Crippen molar-refractivity contribution in [2.45, 2.75) is 10.6 Å². The number of rotatable bonds is 3. The van der Waals surface area contributed by atoms with Crippen molar-refractivity contribution >= 4 is 40.1 Å². The molecule has 0 atom stereocenters. The maximum atomic E-state index is 5.94. The van der Waals surface area contributed by atoms with E-state index in [0.29, 0.717) is 17.3 Å². The zero-order chi connectivity index (χ0) is 13.2. The van der Waals surface area contributed by atoms with Crippen molar-refractivity contribution in [1.82, 2.24) is 4.98 Å². The van der Waals surface area contributed by atoms with E-state index in [9.17, 15) is 0 Å². The summed E-state index contributed by atoms with van der Waals surface area (Å²) < 4.78 is 5.66. The summed E-state index contributed by atoms with van der Waals surface area (Å²) in [7, 11) is 0. The highest BCUT2D eigenvalue weighted by Crippen LogP contribution is 2.27. The van der Waals surface area contributed by atoms with Crippen molar-refractivity contribution in [3.63, 3.8) is 0 Å². The molecule has 0 radical (unpaired) electrons. The molecule has 0 aliphatic heterocycles. The van der Waals surface area contributed by atoms with E-state index in [2.05, 4.69) is 4.98 Å². The number of oxazole rings is 1. The van der Waals surface area contributed by atoms with Gasteiger partial charge in [0.15, 0.2) is 5.58 Å². The molecule has 0 amide bonds. The normalized spacial score (nSPS) is 11.0. The quantitative estimate of drug-likeness (QED) is 0.575. The molecule has 0 fully saturated rings. The number of hydrogen-bond acceptors (Lipinski definition) is 4. The van der Waals surface area contributed by atoms with E-state index in [1.54, 1.807) is 17.8 Å². The first-order valence-corrected chi connectivity index (χ1v) is 7.10. The zero-order valence-electron chi connectivity index (χ0n) is 9.97. The van der Waals surface area contributed by atoms with Gasteiger partial charge in [-0.05, 0) is 30.3 Å². The van der Waals surface area contributed by atoms with Gasteiger partial charge in [-0.3, -0.25) is 0 Å². The molecule has 0 saturated carbocycles. The van der Waals surface area contributed by atoms with Gasteiger partial charge in [0.2, 0.25) is 5.89 Å². The van der Waals surface area contributed by atoms with E-state index >= 15 is 0 Å². The van der Waals surface area contributed by atoms with Gasteiger partial charge in [-0.1, -0.05) is 17.7 Å². The van der Waals surface area contributed by atoms with Gasteiger partial charge in [0.25, 0.3) is 0 Å². The highest BCUT2D eigenvalue weighted by Gasteiger charge is 2.06. The summed E-state index contributed by atoms with van der Waals surface area (Å²) in [5.41, 5.74) is 7.94. The molecule has 0 bridgehead atoms. The fraction of sp³-hybridized carbons (Fsp3) is 0.0714. The van der Waals surface area contributed by atoms with Crippen molar-refractivity contribution in [3.8, 4) is 0 Å². The Kier molecular flexibility index (Phi) is 3.36. The van der Waals surface area contributed by atoms with Crippen LogP contribution in [0.3, 0.4) is 0 Å². The standard InChI is InChI=1S/C14H11ClN2OS/c15-9-2-1-3-11(6-9)19-8-14-17-12-5-4-10(16)7-13(12)18-14/h1-7H,8,16H2. The number of aromatic nitrogens is 1. The zero-order valence-corrected chi connectivity index (χ0v) is 11.5. The molecular weight excluding hydrogens is 280 g/mol. The molecule has 0 unspecified atom stereocenters. The van der Waals surface area contributed by atoms with E-state index < -0.39 is 0 Å². The number of nitrogens with two attached hydrogens (primary N) is 1. The van der Waals surface area contributed by atoms with Crippen LogP contribution in [0, 0.1) is 0 Å². The Hall–Kier alpha value is -1.65. The first-order chi connectivity index (χ1) is 9.20. The Morgan fingerprint density at radius 2 is 2.11 bits per heavy atom. The molecule has 3 aromatic rings. The van der Waals surface area contributed by atoms with Crippen LogP contribution in [0.15, 0.2) is 51.8 Å². The van der Waals surface area contributed by atoms with Crippen LogP contribution in [0.25, 0.3) is 11.1 Å². The highest BCUT2D eigenvalue weighted by atomic mass is 35.5. The van der Waals surface area contributed by atoms with Crippen molar-refractivity contribution in [2.24, 2.45) is 0 Å². The SMILES string of the molecule is Nc1ccc2nc(CSc3cccc(Cl)c3)oc2c1. The summed E-state index contributed by atoms with van der Waals surface area (Å²) in [4.78, 5) is 5.51. The number of hydrogen-bond donors (Lipinski definition) is 1. The molecule has 1 heterocycles. The number of nitrogen functional groups attached to an aromatic ring is 1. The second-order valence-corrected chi connectivity index (χ2v) is 5.57. The van der Waals surface area contributed by atoms with Gasteiger partial charge < -0.3 is 10.2 Å². The fourth-order valence-corrected chi connectivity index (χ4v) is 2.81. The summed E-state index contributed by atoms with van der Waals surface area (Å²) >= 11 is 7.58. The van der Waals surface area contributed by atoms with Gasteiger partial charge >= 0.3 is 0 Å². The Bertz CT molecular complexity index is 726. The van der Waals surface area contributed by atoms with Crippen molar-refractivity contribution in [3.05, 3.63) is 53.4 Å². The average Bonchev–Trinajstić information content (AvgIpc) is 2.78. The second kappa shape index (κ2) is 5.15. The minimum Gasteiger partial charge on any atom is -0.440 e. The van der Waals surface area contributed by atoms with E-state index in [0.717, 1.165) is 21.0 Å². The lowest BCUT2D eigenvalue weighted by atomic mass is 10.3. The monoisotopic (exact) mass is 290 g/mol. The summed E-state index contributed by atoms with van der Waals surface area (Å²) in [6, 6.07) is 13.2. The number of anilines is 1. The van der Waals surface area contributed by atoms with Crippen LogP contribution in [-0.4, -0.2) is 4.98 Å². The molecule has 1 aromatic heterocycles. The van der Waals surface area contributed by atoms with Crippen LogP contribution < -0.4 is 5.73 Å². The molecule has 0 spiro atoms. The lowest BCUT2D eigenvalue weighted by Gasteiger charge is -1.98. The maximum Gasteiger partial charge on any atom is 0.205 e. The number of benzene rings is 2. The number of fused-ring (bicyclic) bond motifs is 1. The topological polar surface area (TPSA) is 52.0 Å². The minimum atomic E-state index is 0.662. The molecule has 96 valence electrons. The molecule has 3 nitrogen and oxygen atoms in total. The third-order valence-corrected chi connectivity index (χ3v) is 3.83. The van der Waals surface area contributed by atoms with E-state index in [1.165, 1.54) is 0 Å². The van der Waals surface area contributed by atoms with Gasteiger partial charge in [-0.15, -0.1) is 11.8 Å². The second-order valence-electron chi connectivity index (χ2n) is 4.08. The lowest BCUT2D eigenvalue weighted by molar-refractivity contribution is 0.556. The first kappa shape index (κ1) is 12.4. The molecular formula is C14H11ClN2OS. The minimum absolute atomic E-state index is 0.662. The van der Waals surface area contributed by atoms with Gasteiger partial charge in [0.1, 0.15) is 5.52 Å². The number of thioether (sulfide) groups is 1. The molecule has 5 heteroatoms. The van der Waals surface area contributed by atoms with Crippen LogP contribution in [0.2, 0.25) is 5.02 Å². The molecule has 3 rings (SSSR count). The van der Waals surface area contributed by atoms with Crippen LogP contribution in [-0.2, 0) is 5.75 Å². The molecule has 0 aliphatic rings. The van der Waals surface area contributed by atoms with Crippen LogP contribution >= 0.6 is 23.4 Å². The molecule has 0 saturated heterocycles. The highest BCUT2D eigenvalue weighted by molar-refractivity contribution is 7.98. The van der Waals surface area contributed by atoms with Crippen molar-refractivity contribution in [2.75, 3.05) is 5.73 Å². The van der Waals surface area contributed by atoms with Crippen molar-refractivity contribution < 1.29 is 4.42 Å². The predicted octanol–water partition coefficient (Wildman–Crippen LogP) is 4.36. The van der Waals surface area contributed by atoms with E-state index in [4.69, 9.17) is 21.8 Å². The number of halogens is 1. The van der Waals surface area contributed by atoms with Crippen LogP contribution in [0.4, 0.5) is 5.69 Å². The van der Waals surface area contributed by atoms with Gasteiger partial charge in [-0.2, -0.15) is 0 Å². The average molecular weight is 291 g/mol. The predicted molar refractivity (Wildman–Crippen MR) is 79.4 cm³/mol. The Morgan fingerprint density at radius 3 is 2.95 bits per heavy atom. The molecule has 0 aliphatic carbocycles. The maximum absolute atomic E-state index is 5.94. The van der Waals surface area contributed by atoms with Gasteiger partial charge in [0, 0.05) is 21.7 Å². The Morgan fingerprint density at radius 1 is 1.21 bits per heavy atom. The summed E-state index contributed by atoms with van der Waals surface area (Å²) in [5.74, 6) is 1.35. The third-order valence-electron chi connectivity index (χ3n) is 2.62. The van der Waals surface area contributed by atoms with Crippen molar-refractivity contribution in [1.29, 1.82) is 0 Å². The summed E-state index contributed by atoms with van der Waals surface area (Å²) in [5, 5.41) is 0.732. The van der Waals surface area contributed by atoms with Gasteiger partial charge in [0.05, 0.1) is 5.75 Å². The Labute approximate surface area is 119 Å². The summed E-state index contributed by atoms with van der Waals surface area (Å²) in [6.45, 7) is 0.